The maximum atomic E-state index is 12.0. The van der Waals surface area contributed by atoms with E-state index in [0.29, 0.717) is 10.6 Å². The minimum absolute atomic E-state index is 0.0440. The number of aryl methyl sites for hydroxylation is 1. The second-order valence-electron chi connectivity index (χ2n) is 3.56. The largest absolute Gasteiger partial charge is 0.245 e. The summed E-state index contributed by atoms with van der Waals surface area (Å²) in [5, 5.41) is 4.21. The Kier molecular flexibility index (Phi) is 3.17. The molecule has 7 heteroatoms. The fourth-order valence-electron chi connectivity index (χ4n) is 1.48. The Morgan fingerprint density at radius 1 is 1.41 bits per heavy atom. The quantitative estimate of drug-likeness (QED) is 0.847. The van der Waals surface area contributed by atoms with Crippen molar-refractivity contribution in [3.05, 3.63) is 41.2 Å². The molecule has 90 valence electrons. The molecule has 0 N–H and O–H groups in total. The molecule has 0 saturated heterocycles. The molecule has 0 aliphatic carbocycles. The summed E-state index contributed by atoms with van der Waals surface area (Å²) in [7, 11) is -1.95. The van der Waals surface area contributed by atoms with Crippen molar-refractivity contribution in [2.75, 3.05) is 0 Å². The van der Waals surface area contributed by atoms with Gasteiger partial charge in [-0.05, 0) is 17.7 Å². The average molecular weight is 272 g/mol. The van der Waals surface area contributed by atoms with Crippen molar-refractivity contribution in [3.63, 3.8) is 0 Å². The molecule has 0 aliphatic rings. The highest BCUT2D eigenvalue weighted by molar-refractivity contribution is 7.90. The molecular weight excluding hydrogens is 262 g/mol. The number of hydrogen-bond acceptors (Lipinski definition) is 4. The number of halogens is 1. The first kappa shape index (κ1) is 12.1. The second kappa shape index (κ2) is 4.46. The predicted octanol–water partition coefficient (Wildman–Crippen LogP) is 1.44. The van der Waals surface area contributed by atoms with Crippen LogP contribution in [0.1, 0.15) is 5.56 Å². The fourth-order valence-corrected chi connectivity index (χ4v) is 3.10. The van der Waals surface area contributed by atoms with Gasteiger partial charge in [-0.3, -0.25) is 0 Å². The molecule has 0 fully saturated rings. The Hall–Kier alpha value is -1.40. The number of hydrogen-bond donors (Lipinski definition) is 0. The maximum absolute atomic E-state index is 12.0. The van der Waals surface area contributed by atoms with Gasteiger partial charge < -0.3 is 0 Å². The van der Waals surface area contributed by atoms with Gasteiger partial charge in [0.05, 0.1) is 5.75 Å². The van der Waals surface area contributed by atoms with Crippen LogP contribution in [0.25, 0.3) is 0 Å². The highest BCUT2D eigenvalue weighted by Crippen LogP contribution is 2.16. The van der Waals surface area contributed by atoms with E-state index in [1.54, 1.807) is 24.3 Å². The van der Waals surface area contributed by atoms with Crippen LogP contribution < -0.4 is 0 Å². The first-order valence-electron chi connectivity index (χ1n) is 4.80. The molecule has 0 atom stereocenters. The Bertz CT molecular complexity index is 637. The number of aromatic nitrogens is 3. The van der Waals surface area contributed by atoms with E-state index in [-0.39, 0.29) is 10.9 Å². The summed E-state index contributed by atoms with van der Waals surface area (Å²) in [5.74, 6) is -0.139. The van der Waals surface area contributed by atoms with Gasteiger partial charge in [-0.2, -0.15) is 5.10 Å². The number of sulfone groups is 1. The van der Waals surface area contributed by atoms with Crippen LogP contribution in [0.3, 0.4) is 0 Å². The van der Waals surface area contributed by atoms with Gasteiger partial charge in [-0.25, -0.2) is 18.1 Å². The number of nitrogens with zero attached hydrogens (tertiary/aromatic N) is 3. The van der Waals surface area contributed by atoms with Gasteiger partial charge in [0.25, 0.3) is 0 Å². The number of benzene rings is 1. The van der Waals surface area contributed by atoms with Crippen molar-refractivity contribution in [1.29, 1.82) is 0 Å². The monoisotopic (exact) mass is 271 g/mol. The van der Waals surface area contributed by atoms with E-state index >= 15 is 0 Å². The second-order valence-corrected chi connectivity index (χ2v) is 5.87. The van der Waals surface area contributed by atoms with E-state index in [1.807, 2.05) is 0 Å². The molecule has 0 saturated carbocycles. The van der Waals surface area contributed by atoms with Crippen LogP contribution in [-0.2, 0) is 22.6 Å². The zero-order chi connectivity index (χ0) is 12.5. The summed E-state index contributed by atoms with van der Waals surface area (Å²) in [5.41, 5.74) is 0.625. The van der Waals surface area contributed by atoms with Crippen LogP contribution in [0.2, 0.25) is 5.02 Å². The lowest BCUT2D eigenvalue weighted by Gasteiger charge is -2.03. The molecule has 0 radical (unpaired) electrons. The summed E-state index contributed by atoms with van der Waals surface area (Å²) >= 11 is 5.80. The summed E-state index contributed by atoms with van der Waals surface area (Å²) in [6, 6.07) is 6.74. The van der Waals surface area contributed by atoms with E-state index in [1.165, 1.54) is 18.1 Å². The highest BCUT2D eigenvalue weighted by Gasteiger charge is 2.20. The summed E-state index contributed by atoms with van der Waals surface area (Å²) in [4.78, 5) is 3.74. The van der Waals surface area contributed by atoms with Crippen LogP contribution >= 0.6 is 11.6 Å². The smallest absolute Gasteiger partial charge is 0.240 e. The van der Waals surface area contributed by atoms with Crippen LogP contribution in [0.4, 0.5) is 0 Å². The van der Waals surface area contributed by atoms with Crippen molar-refractivity contribution in [2.45, 2.75) is 10.9 Å². The van der Waals surface area contributed by atoms with Crippen LogP contribution in [0.5, 0.6) is 0 Å². The molecule has 17 heavy (non-hydrogen) atoms. The average Bonchev–Trinajstić information content (AvgIpc) is 2.64. The molecule has 1 aromatic heterocycles. The standard InChI is InChI=1S/C10H10ClN3O2S/c1-14-10(12-7-13-14)17(15,16)6-8-3-2-4-9(11)5-8/h2-5,7H,6H2,1H3. The third-order valence-corrected chi connectivity index (χ3v) is 4.07. The van der Waals surface area contributed by atoms with Gasteiger partial charge in [-0.1, -0.05) is 23.7 Å². The summed E-state index contributed by atoms with van der Waals surface area (Å²) in [6.45, 7) is 0. The molecule has 0 aliphatic heterocycles. The molecule has 0 bridgehead atoms. The Morgan fingerprint density at radius 2 is 2.18 bits per heavy atom. The third-order valence-electron chi connectivity index (χ3n) is 2.19. The molecule has 2 rings (SSSR count). The Labute approximate surface area is 104 Å². The van der Waals surface area contributed by atoms with Gasteiger partial charge in [0.15, 0.2) is 0 Å². The summed E-state index contributed by atoms with van der Waals surface area (Å²) < 4.78 is 25.3. The molecule has 0 unspecified atom stereocenters. The first-order chi connectivity index (χ1) is 7.99. The van der Waals surface area contributed by atoms with Gasteiger partial charge >= 0.3 is 0 Å². The molecule has 0 amide bonds. The van der Waals surface area contributed by atoms with Crippen LogP contribution in [0, 0.1) is 0 Å². The molecular formula is C10H10ClN3O2S. The van der Waals surface area contributed by atoms with E-state index in [0.717, 1.165) is 0 Å². The third kappa shape index (κ3) is 2.65. The van der Waals surface area contributed by atoms with Gasteiger partial charge in [0.1, 0.15) is 6.33 Å². The zero-order valence-corrected chi connectivity index (χ0v) is 10.6. The highest BCUT2D eigenvalue weighted by atomic mass is 35.5. The normalized spacial score (nSPS) is 11.6. The van der Waals surface area contributed by atoms with E-state index < -0.39 is 9.84 Å². The maximum Gasteiger partial charge on any atom is 0.245 e. The molecule has 1 aromatic carbocycles. The van der Waals surface area contributed by atoms with Crippen molar-refractivity contribution < 1.29 is 8.42 Å². The Balaban J connectivity index is 2.33. The van der Waals surface area contributed by atoms with E-state index in [9.17, 15) is 8.42 Å². The molecule has 2 aromatic rings. The minimum atomic E-state index is -3.49. The number of rotatable bonds is 3. The van der Waals surface area contributed by atoms with Crippen LogP contribution in [0.15, 0.2) is 35.7 Å². The Morgan fingerprint density at radius 3 is 2.76 bits per heavy atom. The summed E-state index contributed by atoms with van der Waals surface area (Å²) in [6.07, 6.45) is 1.21. The topological polar surface area (TPSA) is 64.8 Å². The van der Waals surface area contributed by atoms with Crippen molar-refractivity contribution in [3.8, 4) is 0 Å². The SMILES string of the molecule is Cn1ncnc1S(=O)(=O)Cc1cccc(Cl)c1. The lowest BCUT2D eigenvalue weighted by molar-refractivity contribution is 0.568. The van der Waals surface area contributed by atoms with Crippen molar-refractivity contribution >= 4 is 21.4 Å². The van der Waals surface area contributed by atoms with Gasteiger partial charge in [0, 0.05) is 12.1 Å². The van der Waals surface area contributed by atoms with Crippen molar-refractivity contribution in [1.82, 2.24) is 14.8 Å². The van der Waals surface area contributed by atoms with Gasteiger partial charge in [-0.15, -0.1) is 0 Å². The van der Waals surface area contributed by atoms with Gasteiger partial charge in [0.2, 0.25) is 15.0 Å². The van der Waals surface area contributed by atoms with Crippen molar-refractivity contribution in [2.24, 2.45) is 7.05 Å². The van der Waals surface area contributed by atoms with E-state index in [4.69, 9.17) is 11.6 Å². The minimum Gasteiger partial charge on any atom is -0.240 e. The fraction of sp³-hybridized carbons (Fsp3) is 0.200. The first-order valence-corrected chi connectivity index (χ1v) is 6.83. The molecule has 5 nitrogen and oxygen atoms in total. The van der Waals surface area contributed by atoms with Crippen LogP contribution in [-0.4, -0.2) is 23.2 Å². The van der Waals surface area contributed by atoms with E-state index in [2.05, 4.69) is 10.1 Å². The lowest BCUT2D eigenvalue weighted by Crippen LogP contribution is -2.11. The zero-order valence-electron chi connectivity index (χ0n) is 9.04. The lowest BCUT2D eigenvalue weighted by atomic mass is 10.2. The molecule has 0 spiro atoms. The molecule has 1 heterocycles. The predicted molar refractivity (Wildman–Crippen MR) is 63.3 cm³/mol.